The zero-order valence-electron chi connectivity index (χ0n) is 16.4. The molecule has 0 bridgehead atoms. The Morgan fingerprint density at radius 1 is 1.14 bits per heavy atom. The van der Waals surface area contributed by atoms with Gasteiger partial charge in [-0.3, -0.25) is 4.79 Å². The Labute approximate surface area is 165 Å². The number of hydrogen-bond acceptors (Lipinski definition) is 6. The highest BCUT2D eigenvalue weighted by atomic mass is 16.5. The first kappa shape index (κ1) is 17.6. The fourth-order valence-corrected chi connectivity index (χ4v) is 4.44. The van der Waals surface area contributed by atoms with Gasteiger partial charge in [0, 0.05) is 50.3 Å². The SMILES string of the molecule is Cc1cc(-c2cnc(N3CCCC3)nc2C2CCCN(C(=O)C3CC3)C2)on1. The monoisotopic (exact) mass is 381 g/mol. The number of aryl methyl sites for hydroxylation is 1. The molecule has 7 nitrogen and oxygen atoms in total. The molecule has 5 rings (SSSR count). The van der Waals surface area contributed by atoms with Crippen molar-refractivity contribution in [3.63, 3.8) is 0 Å². The maximum atomic E-state index is 12.6. The van der Waals surface area contributed by atoms with Crippen LogP contribution in [0.1, 0.15) is 55.8 Å². The maximum Gasteiger partial charge on any atom is 0.225 e. The molecule has 3 aliphatic rings. The van der Waals surface area contributed by atoms with Crippen LogP contribution >= 0.6 is 0 Å². The largest absolute Gasteiger partial charge is 0.356 e. The molecule has 1 aliphatic carbocycles. The minimum absolute atomic E-state index is 0.209. The van der Waals surface area contributed by atoms with E-state index in [1.165, 1.54) is 12.8 Å². The summed E-state index contributed by atoms with van der Waals surface area (Å²) in [7, 11) is 0. The van der Waals surface area contributed by atoms with Crippen LogP contribution in [0.4, 0.5) is 5.95 Å². The summed E-state index contributed by atoms with van der Waals surface area (Å²) in [5, 5.41) is 4.05. The number of amides is 1. The summed E-state index contributed by atoms with van der Waals surface area (Å²) >= 11 is 0. The van der Waals surface area contributed by atoms with Crippen molar-refractivity contribution in [2.45, 2.75) is 51.4 Å². The summed E-state index contributed by atoms with van der Waals surface area (Å²) in [6, 6.07) is 1.94. The topological polar surface area (TPSA) is 75.4 Å². The van der Waals surface area contributed by atoms with Gasteiger partial charge in [-0.1, -0.05) is 5.16 Å². The maximum absolute atomic E-state index is 12.6. The Hall–Kier alpha value is -2.44. The molecule has 1 amide bonds. The molecule has 0 N–H and O–H groups in total. The number of aromatic nitrogens is 3. The number of nitrogens with zero attached hydrogens (tertiary/aromatic N) is 5. The number of likely N-dealkylation sites (tertiary alicyclic amines) is 1. The Bertz CT molecular complexity index is 869. The third-order valence-electron chi connectivity index (χ3n) is 6.13. The number of carbonyl (C=O) groups excluding carboxylic acids is 1. The second-order valence-corrected chi connectivity index (χ2v) is 8.39. The molecule has 4 heterocycles. The van der Waals surface area contributed by atoms with Gasteiger partial charge in [0.1, 0.15) is 0 Å². The number of carbonyl (C=O) groups is 1. The first-order valence-corrected chi connectivity index (χ1v) is 10.5. The number of rotatable bonds is 4. The van der Waals surface area contributed by atoms with Crippen LogP contribution in [0.15, 0.2) is 16.8 Å². The van der Waals surface area contributed by atoms with Crippen molar-refractivity contribution >= 4 is 11.9 Å². The molecule has 1 atom stereocenters. The van der Waals surface area contributed by atoms with Crippen LogP contribution in [0, 0.1) is 12.8 Å². The molecular weight excluding hydrogens is 354 g/mol. The molecule has 1 unspecified atom stereocenters. The summed E-state index contributed by atoms with van der Waals surface area (Å²) in [4.78, 5) is 26.6. The lowest BCUT2D eigenvalue weighted by Crippen LogP contribution is -2.40. The van der Waals surface area contributed by atoms with E-state index in [0.717, 1.165) is 74.8 Å². The predicted octanol–water partition coefficient (Wildman–Crippen LogP) is 3.16. The van der Waals surface area contributed by atoms with E-state index in [1.54, 1.807) is 0 Å². The lowest BCUT2D eigenvalue weighted by Gasteiger charge is -2.33. The second-order valence-electron chi connectivity index (χ2n) is 8.39. The minimum atomic E-state index is 0.209. The zero-order chi connectivity index (χ0) is 19.1. The van der Waals surface area contributed by atoms with Crippen molar-refractivity contribution in [3.8, 4) is 11.3 Å². The average molecular weight is 381 g/mol. The highest BCUT2D eigenvalue weighted by molar-refractivity contribution is 5.81. The van der Waals surface area contributed by atoms with Crippen LogP contribution in [-0.4, -0.2) is 52.1 Å². The van der Waals surface area contributed by atoms with E-state index in [2.05, 4.69) is 19.9 Å². The van der Waals surface area contributed by atoms with E-state index in [1.807, 2.05) is 19.2 Å². The molecule has 3 fully saturated rings. The normalized spacial score (nSPS) is 22.7. The van der Waals surface area contributed by atoms with Gasteiger partial charge in [0.15, 0.2) is 5.76 Å². The Morgan fingerprint density at radius 2 is 1.96 bits per heavy atom. The smallest absolute Gasteiger partial charge is 0.225 e. The van der Waals surface area contributed by atoms with Gasteiger partial charge in [0.05, 0.1) is 17.0 Å². The Kier molecular flexibility index (Phi) is 4.53. The van der Waals surface area contributed by atoms with Gasteiger partial charge in [-0.15, -0.1) is 0 Å². The summed E-state index contributed by atoms with van der Waals surface area (Å²) in [6.07, 6.45) is 8.41. The third-order valence-corrected chi connectivity index (χ3v) is 6.13. The molecule has 148 valence electrons. The lowest BCUT2D eigenvalue weighted by atomic mass is 9.91. The molecule has 2 saturated heterocycles. The van der Waals surface area contributed by atoms with Gasteiger partial charge >= 0.3 is 0 Å². The molecular formula is C21H27N5O2. The van der Waals surface area contributed by atoms with Crippen LogP contribution in [-0.2, 0) is 4.79 Å². The standard InChI is InChI=1S/C21H27N5O2/c1-14-11-18(28-24-14)17-12-22-21(25-8-2-3-9-25)23-19(17)16-5-4-10-26(13-16)20(27)15-6-7-15/h11-12,15-16H,2-10,13H2,1H3. The molecule has 7 heteroatoms. The zero-order valence-corrected chi connectivity index (χ0v) is 16.4. The first-order valence-electron chi connectivity index (χ1n) is 10.5. The average Bonchev–Trinajstić information content (AvgIpc) is 3.25. The van der Waals surface area contributed by atoms with Gasteiger partial charge in [0.2, 0.25) is 11.9 Å². The molecule has 0 radical (unpaired) electrons. The van der Waals surface area contributed by atoms with Crippen LogP contribution < -0.4 is 4.90 Å². The van der Waals surface area contributed by atoms with Crippen molar-refractivity contribution in [1.82, 2.24) is 20.0 Å². The van der Waals surface area contributed by atoms with Crippen molar-refractivity contribution < 1.29 is 9.32 Å². The van der Waals surface area contributed by atoms with Crippen molar-refractivity contribution in [2.24, 2.45) is 5.92 Å². The number of piperidine rings is 1. The van der Waals surface area contributed by atoms with Crippen LogP contribution in [0.5, 0.6) is 0 Å². The minimum Gasteiger partial charge on any atom is -0.356 e. The third kappa shape index (κ3) is 3.38. The van der Waals surface area contributed by atoms with Crippen molar-refractivity contribution in [1.29, 1.82) is 0 Å². The molecule has 28 heavy (non-hydrogen) atoms. The van der Waals surface area contributed by atoms with E-state index >= 15 is 0 Å². The van der Waals surface area contributed by atoms with E-state index in [-0.39, 0.29) is 11.8 Å². The van der Waals surface area contributed by atoms with E-state index in [9.17, 15) is 4.79 Å². The summed E-state index contributed by atoms with van der Waals surface area (Å²) in [6.45, 7) is 5.55. The number of hydrogen-bond donors (Lipinski definition) is 0. The first-order chi connectivity index (χ1) is 13.7. The highest BCUT2D eigenvalue weighted by Gasteiger charge is 2.36. The van der Waals surface area contributed by atoms with Gasteiger partial charge in [-0.25, -0.2) is 9.97 Å². The van der Waals surface area contributed by atoms with Crippen molar-refractivity contribution in [3.05, 3.63) is 23.7 Å². The van der Waals surface area contributed by atoms with Gasteiger partial charge < -0.3 is 14.3 Å². The predicted molar refractivity (Wildman–Crippen MR) is 105 cm³/mol. The van der Waals surface area contributed by atoms with E-state index in [0.29, 0.717) is 11.7 Å². The van der Waals surface area contributed by atoms with E-state index in [4.69, 9.17) is 9.51 Å². The van der Waals surface area contributed by atoms with Crippen LogP contribution in [0.3, 0.4) is 0 Å². The van der Waals surface area contributed by atoms with Crippen LogP contribution in [0.25, 0.3) is 11.3 Å². The summed E-state index contributed by atoms with van der Waals surface area (Å²) < 4.78 is 5.55. The van der Waals surface area contributed by atoms with Gasteiger partial charge in [-0.2, -0.15) is 0 Å². The quantitative estimate of drug-likeness (QED) is 0.810. The Balaban J connectivity index is 1.49. The molecule has 2 aliphatic heterocycles. The molecule has 1 saturated carbocycles. The van der Waals surface area contributed by atoms with Crippen LogP contribution in [0.2, 0.25) is 0 Å². The second kappa shape index (κ2) is 7.18. The highest BCUT2D eigenvalue weighted by Crippen LogP contribution is 2.37. The fourth-order valence-electron chi connectivity index (χ4n) is 4.44. The molecule has 2 aromatic rings. The fraction of sp³-hybridized carbons (Fsp3) is 0.619. The Morgan fingerprint density at radius 3 is 2.68 bits per heavy atom. The summed E-state index contributed by atoms with van der Waals surface area (Å²) in [5.41, 5.74) is 2.76. The summed E-state index contributed by atoms with van der Waals surface area (Å²) in [5.74, 6) is 2.32. The lowest BCUT2D eigenvalue weighted by molar-refractivity contribution is -0.133. The van der Waals surface area contributed by atoms with Gasteiger partial charge in [-0.05, 0) is 45.4 Å². The molecule has 2 aromatic heterocycles. The van der Waals surface area contributed by atoms with Gasteiger partial charge in [0.25, 0.3) is 0 Å². The van der Waals surface area contributed by atoms with Crippen molar-refractivity contribution in [2.75, 3.05) is 31.1 Å². The number of anilines is 1. The van der Waals surface area contributed by atoms with E-state index < -0.39 is 0 Å². The molecule has 0 spiro atoms. The molecule has 0 aromatic carbocycles.